The molecule has 284 valence electrons. The van der Waals surface area contributed by atoms with E-state index in [-0.39, 0.29) is 18.3 Å². The number of carboxylic acid groups (broad SMARTS) is 1. The molecule has 0 amide bonds. The third kappa shape index (κ3) is 5.78. The molecule has 0 spiro atoms. The van der Waals surface area contributed by atoms with Crippen molar-refractivity contribution in [1.82, 2.24) is 4.90 Å². The van der Waals surface area contributed by atoms with Crippen molar-refractivity contribution in [2.24, 2.45) is 16.5 Å². The summed E-state index contributed by atoms with van der Waals surface area (Å²) in [5.74, 6) is 5.15. The Morgan fingerprint density at radius 1 is 1.17 bits per heavy atom. The number of methoxy groups -OCH3 is 2. The molecule has 1 fully saturated rings. The average molecular weight is 747 g/mol. The van der Waals surface area contributed by atoms with E-state index in [4.69, 9.17) is 49.7 Å². The van der Waals surface area contributed by atoms with Crippen molar-refractivity contribution in [2.75, 3.05) is 27.4 Å². The van der Waals surface area contributed by atoms with Gasteiger partial charge in [-0.25, -0.2) is 0 Å². The molecule has 8 atom stereocenters. The summed E-state index contributed by atoms with van der Waals surface area (Å²) >= 11 is 0. The average Bonchev–Trinajstić information content (AvgIpc) is 3.84. The summed E-state index contributed by atoms with van der Waals surface area (Å²) < 4.78 is 42.0. The first-order valence-electron chi connectivity index (χ1n) is 17.2. The Morgan fingerprint density at radius 2 is 1.98 bits per heavy atom. The largest absolute Gasteiger partial charge is 0.493 e. The van der Waals surface area contributed by atoms with E-state index >= 15 is 0 Å². The minimum absolute atomic E-state index is 0.118. The molecule has 2 aromatic rings. The van der Waals surface area contributed by atoms with Gasteiger partial charge in [0.15, 0.2) is 17.6 Å². The molecule has 0 aliphatic carbocycles. The number of ether oxygens (including phenoxy) is 7. The van der Waals surface area contributed by atoms with Crippen LogP contribution in [0, 0.1) is 11.8 Å². The molecule has 17 nitrogen and oxygen atoms in total. The first kappa shape index (κ1) is 35.7. The van der Waals surface area contributed by atoms with Crippen LogP contribution in [0.4, 0.5) is 0 Å². The molecule has 17 heteroatoms. The molecular weight excluding hydrogens is 708 g/mol. The zero-order valence-corrected chi connectivity index (χ0v) is 29.1. The molecule has 7 aliphatic heterocycles. The van der Waals surface area contributed by atoms with Crippen LogP contribution >= 0.6 is 0 Å². The zero-order valence-electron chi connectivity index (χ0n) is 29.1. The lowest BCUT2D eigenvalue weighted by Crippen LogP contribution is -2.72. The number of hydrogen-bond acceptors (Lipinski definition) is 16. The summed E-state index contributed by atoms with van der Waals surface area (Å²) in [6, 6.07) is 5.34. The molecule has 54 heavy (non-hydrogen) atoms. The number of aliphatic hydroxyl groups is 3. The normalized spacial score (nSPS) is 28.7. The summed E-state index contributed by atoms with van der Waals surface area (Å²) in [5.41, 5.74) is 14.0. The van der Waals surface area contributed by atoms with Gasteiger partial charge in [0.05, 0.1) is 44.2 Å². The van der Waals surface area contributed by atoms with Gasteiger partial charge in [-0.2, -0.15) is 0 Å². The lowest BCUT2D eigenvalue weighted by Gasteiger charge is -2.50. The second-order valence-corrected chi connectivity index (χ2v) is 13.8. The monoisotopic (exact) mass is 746 g/mol. The fourth-order valence-corrected chi connectivity index (χ4v) is 7.89. The van der Waals surface area contributed by atoms with Gasteiger partial charge in [0, 0.05) is 60.3 Å². The van der Waals surface area contributed by atoms with Crippen LogP contribution in [0.5, 0.6) is 28.7 Å². The number of hydrogen-bond donors (Lipinski definition) is 6. The maximum atomic E-state index is 12.4. The highest BCUT2D eigenvalue weighted by atomic mass is 16.7. The van der Waals surface area contributed by atoms with Gasteiger partial charge in [0.25, 0.3) is 0 Å². The molecule has 0 saturated carbocycles. The van der Waals surface area contributed by atoms with E-state index in [0.717, 1.165) is 16.8 Å². The molecule has 9 rings (SSSR count). The Balaban J connectivity index is 1.24. The van der Waals surface area contributed by atoms with Gasteiger partial charge in [-0.3, -0.25) is 14.6 Å². The summed E-state index contributed by atoms with van der Waals surface area (Å²) in [5, 5.41) is 43.7. The number of rotatable bonds is 9. The first-order valence-corrected chi connectivity index (χ1v) is 17.2. The Hall–Kier alpha value is -5.35. The molecule has 0 radical (unpaired) electrons. The number of fused-ring (bicyclic) bond motifs is 9. The summed E-state index contributed by atoms with van der Waals surface area (Å²) in [6.45, 7) is 1.08. The van der Waals surface area contributed by atoms with E-state index in [2.05, 4.69) is 21.7 Å². The van der Waals surface area contributed by atoms with Gasteiger partial charge in [0.2, 0.25) is 12.0 Å². The summed E-state index contributed by atoms with van der Waals surface area (Å²) in [4.78, 5) is 30.1. The molecule has 0 unspecified atom stereocenters. The van der Waals surface area contributed by atoms with Gasteiger partial charge in [-0.05, 0) is 12.1 Å². The summed E-state index contributed by atoms with van der Waals surface area (Å²) in [6.07, 6.45) is -6.92. The molecule has 7 heterocycles. The molecule has 2 aromatic carbocycles. The molecule has 7 aliphatic rings. The van der Waals surface area contributed by atoms with Gasteiger partial charge >= 0.3 is 11.9 Å². The van der Waals surface area contributed by atoms with Crippen LogP contribution in [0.2, 0.25) is 0 Å². The fraction of sp³-hybridized carbons (Fsp3) is 0.432. The molecule has 2 bridgehead atoms. The lowest BCUT2D eigenvalue weighted by atomic mass is 9.78. The quantitative estimate of drug-likeness (QED) is 0.0850. The molecule has 8 N–H and O–H groups in total. The van der Waals surface area contributed by atoms with Crippen molar-refractivity contribution in [3.63, 3.8) is 0 Å². The second kappa shape index (κ2) is 13.5. The molecule has 0 aromatic heterocycles. The number of aliphatic hydroxyl groups excluding tert-OH is 2. The van der Waals surface area contributed by atoms with E-state index < -0.39 is 73.4 Å². The van der Waals surface area contributed by atoms with Crippen molar-refractivity contribution >= 4 is 18.2 Å². The number of aliphatic carboxylic acids is 1. The molecular formula is C37H38N4O13. The van der Waals surface area contributed by atoms with E-state index in [1.807, 2.05) is 24.4 Å². The Kier molecular flexibility index (Phi) is 8.92. The van der Waals surface area contributed by atoms with E-state index in [1.54, 1.807) is 26.5 Å². The van der Waals surface area contributed by atoms with Crippen LogP contribution in [0.15, 0.2) is 46.7 Å². The minimum atomic E-state index is -2.43. The highest BCUT2D eigenvalue weighted by Gasteiger charge is 2.59. The highest BCUT2D eigenvalue weighted by Crippen LogP contribution is 2.58. The van der Waals surface area contributed by atoms with Gasteiger partial charge in [-0.15, -0.1) is 0 Å². The Labute approximate surface area is 308 Å². The maximum absolute atomic E-state index is 12.4. The molecule has 1 saturated heterocycles. The number of carbonyl (C=O) groups is 2. The van der Waals surface area contributed by atoms with Gasteiger partial charge < -0.3 is 70.0 Å². The Morgan fingerprint density at radius 3 is 2.70 bits per heavy atom. The van der Waals surface area contributed by atoms with Crippen molar-refractivity contribution in [1.29, 1.82) is 0 Å². The van der Waals surface area contributed by atoms with Crippen molar-refractivity contribution in [2.45, 2.75) is 73.9 Å². The third-order valence-electron chi connectivity index (χ3n) is 10.5. The predicted octanol–water partition coefficient (Wildman–Crippen LogP) is -0.0769. The summed E-state index contributed by atoms with van der Waals surface area (Å²) in [7, 11) is 3.09. The number of carbonyl (C=O) groups excluding carboxylic acids is 1. The number of carboxylic acids is 1. The van der Waals surface area contributed by atoms with Crippen LogP contribution in [0.25, 0.3) is 0 Å². The van der Waals surface area contributed by atoms with Crippen LogP contribution in [0.3, 0.4) is 0 Å². The number of benzene rings is 2. The van der Waals surface area contributed by atoms with Crippen LogP contribution in [0.1, 0.15) is 47.1 Å². The first-order chi connectivity index (χ1) is 25.9. The number of aliphatic imine (C=N–C) groups is 1. The second-order valence-electron chi connectivity index (χ2n) is 13.8. The van der Waals surface area contributed by atoms with E-state index in [9.17, 15) is 24.9 Å². The van der Waals surface area contributed by atoms with E-state index in [0.29, 0.717) is 52.8 Å². The van der Waals surface area contributed by atoms with Crippen molar-refractivity contribution in [3.05, 3.63) is 64.0 Å². The van der Waals surface area contributed by atoms with Gasteiger partial charge in [0.1, 0.15) is 47.9 Å². The predicted molar refractivity (Wildman–Crippen MR) is 185 cm³/mol. The standard InChI is InChI=1S/C37H38N4O13/c1-48-22-6-5-18-20-15-50-24-10-23-17(19(13-41-12-16-7-9-40-21(16)14-41)27(24)29(20)53-30(18)31(22)49-2)4-3-8-37(47)33(46)28(45)36(51-23)54-34(37)32(35(38)39)52-26(44)11-25(42)43/h5-7,9-10,14,20,28-29,32-36,45-47H,8,11-13,15,38-39H2,1-2H3,(H,42,43)/t20-,28+,29+,32-,33+,34+,36+,37-/m0/s1. The minimum Gasteiger partial charge on any atom is -0.493 e. The zero-order chi connectivity index (χ0) is 38.1. The van der Waals surface area contributed by atoms with Crippen molar-refractivity contribution in [3.8, 4) is 40.6 Å². The number of esters is 1. The number of allylic oxidation sites excluding steroid dienone is 1. The van der Waals surface area contributed by atoms with E-state index in [1.165, 1.54) is 0 Å². The fourth-order valence-electron chi connectivity index (χ4n) is 7.89. The maximum Gasteiger partial charge on any atom is 0.317 e. The number of nitrogens with two attached hydrogens (primary N) is 2. The topological polar surface area (TPSA) is 247 Å². The highest BCUT2D eigenvalue weighted by molar-refractivity contribution is 5.90. The van der Waals surface area contributed by atoms with Crippen LogP contribution < -0.4 is 35.2 Å². The Bertz CT molecular complexity index is 2070. The van der Waals surface area contributed by atoms with Gasteiger partial charge in [-0.1, -0.05) is 17.9 Å². The third-order valence-corrected chi connectivity index (χ3v) is 10.5. The van der Waals surface area contributed by atoms with Crippen molar-refractivity contribution < 1.29 is 63.2 Å². The van der Waals surface area contributed by atoms with Crippen LogP contribution in [-0.2, 0) is 25.6 Å². The SMILES string of the molecule is COc1ccc2c(c1OC)O[C@H]1c3c(cc4c(c3CN3C=C5N=CC=C5C3)C#CC[C@]3(O)[C@H](O)[C@@H](O)[C@H](O4)O[C@@H]3[C@H](OC(=O)CC(=O)O)C(N)N)OC[C@@H]21. The van der Waals surface area contributed by atoms with Crippen LogP contribution in [-0.4, -0.2) is 113 Å². The smallest absolute Gasteiger partial charge is 0.317 e. The number of nitrogens with zero attached hydrogens (tertiary/aromatic N) is 2. The lowest BCUT2D eigenvalue weighted by molar-refractivity contribution is -0.324.